The maximum atomic E-state index is 13.3. The van der Waals surface area contributed by atoms with Crippen molar-refractivity contribution in [1.29, 1.82) is 0 Å². The Kier molecular flexibility index (Phi) is 6.31. The SMILES string of the molecule is COc1cc(C(=O)N2CCCCC(c3ccc(F)cc3)C2)c([N+](=O)[O-])cc1OC. The first-order chi connectivity index (χ1) is 13.9. The van der Waals surface area contributed by atoms with E-state index in [2.05, 4.69) is 0 Å². The summed E-state index contributed by atoms with van der Waals surface area (Å²) in [5, 5.41) is 11.6. The van der Waals surface area contributed by atoms with Crippen molar-refractivity contribution in [2.24, 2.45) is 0 Å². The molecule has 1 heterocycles. The number of nitro benzene ring substituents is 1. The number of hydrogen-bond donors (Lipinski definition) is 0. The fourth-order valence-corrected chi connectivity index (χ4v) is 3.69. The fraction of sp³-hybridized carbons (Fsp3) is 0.381. The van der Waals surface area contributed by atoms with Crippen LogP contribution in [0.1, 0.15) is 41.1 Å². The standard InChI is InChI=1S/C21H23FN2O5/c1-28-19-11-17(18(24(26)27)12-20(19)29-2)21(25)23-10-4-3-5-15(13-23)14-6-8-16(22)9-7-14/h6-9,11-12,15H,3-5,10,13H2,1-2H3. The lowest BCUT2D eigenvalue weighted by molar-refractivity contribution is -0.385. The van der Waals surface area contributed by atoms with Gasteiger partial charge < -0.3 is 14.4 Å². The topological polar surface area (TPSA) is 81.9 Å². The second-order valence-electron chi connectivity index (χ2n) is 6.98. The van der Waals surface area contributed by atoms with E-state index in [4.69, 9.17) is 9.47 Å². The van der Waals surface area contributed by atoms with Gasteiger partial charge in [-0.1, -0.05) is 18.6 Å². The van der Waals surface area contributed by atoms with Gasteiger partial charge in [0.2, 0.25) is 0 Å². The normalized spacial score (nSPS) is 16.8. The van der Waals surface area contributed by atoms with E-state index in [1.165, 1.54) is 38.5 Å². The number of amides is 1. The average molecular weight is 402 g/mol. The molecular weight excluding hydrogens is 379 g/mol. The zero-order chi connectivity index (χ0) is 21.0. The van der Waals surface area contributed by atoms with E-state index in [1.54, 1.807) is 17.0 Å². The van der Waals surface area contributed by atoms with Crippen LogP contribution in [0.5, 0.6) is 11.5 Å². The van der Waals surface area contributed by atoms with E-state index in [9.17, 15) is 19.3 Å². The minimum absolute atomic E-state index is 0.0348. The van der Waals surface area contributed by atoms with Crippen LogP contribution < -0.4 is 9.47 Å². The third-order valence-corrected chi connectivity index (χ3v) is 5.23. The molecule has 29 heavy (non-hydrogen) atoms. The highest BCUT2D eigenvalue weighted by molar-refractivity contribution is 5.99. The first-order valence-corrected chi connectivity index (χ1v) is 9.39. The quantitative estimate of drug-likeness (QED) is 0.554. The van der Waals surface area contributed by atoms with Crippen molar-refractivity contribution < 1.29 is 23.6 Å². The number of benzene rings is 2. The Morgan fingerprint density at radius 2 is 1.79 bits per heavy atom. The molecule has 0 N–H and O–H groups in total. The predicted octanol–water partition coefficient (Wildman–Crippen LogP) is 4.16. The molecule has 0 aliphatic carbocycles. The van der Waals surface area contributed by atoms with Crippen molar-refractivity contribution in [2.45, 2.75) is 25.2 Å². The van der Waals surface area contributed by atoms with Crippen LogP contribution in [0.2, 0.25) is 0 Å². The summed E-state index contributed by atoms with van der Waals surface area (Å²) in [6.45, 7) is 0.915. The van der Waals surface area contributed by atoms with Gasteiger partial charge in [-0.3, -0.25) is 14.9 Å². The number of likely N-dealkylation sites (tertiary alicyclic amines) is 1. The lowest BCUT2D eigenvalue weighted by Gasteiger charge is -2.25. The van der Waals surface area contributed by atoms with Gasteiger partial charge in [0.05, 0.1) is 25.2 Å². The summed E-state index contributed by atoms with van der Waals surface area (Å²) in [6, 6.07) is 8.84. The van der Waals surface area contributed by atoms with E-state index >= 15 is 0 Å². The van der Waals surface area contributed by atoms with Gasteiger partial charge in [-0.15, -0.1) is 0 Å². The van der Waals surface area contributed by atoms with E-state index < -0.39 is 10.8 Å². The highest BCUT2D eigenvalue weighted by atomic mass is 19.1. The van der Waals surface area contributed by atoms with Gasteiger partial charge in [0.25, 0.3) is 11.6 Å². The molecule has 0 aromatic heterocycles. The molecule has 0 bridgehead atoms. The third-order valence-electron chi connectivity index (χ3n) is 5.23. The summed E-state index contributed by atoms with van der Waals surface area (Å²) in [6.07, 6.45) is 2.58. The van der Waals surface area contributed by atoms with Crippen LogP contribution in [0.25, 0.3) is 0 Å². The number of hydrogen-bond acceptors (Lipinski definition) is 5. The molecule has 0 saturated carbocycles. The first-order valence-electron chi connectivity index (χ1n) is 9.39. The molecule has 1 saturated heterocycles. The van der Waals surface area contributed by atoms with Crippen molar-refractivity contribution in [3.8, 4) is 11.5 Å². The molecule has 1 atom stereocenters. The number of carbonyl (C=O) groups is 1. The molecule has 2 aromatic rings. The summed E-state index contributed by atoms with van der Waals surface area (Å²) in [5.74, 6) is -0.244. The van der Waals surface area contributed by atoms with Crippen LogP contribution in [-0.2, 0) is 0 Å². The number of nitrogens with zero attached hydrogens (tertiary/aromatic N) is 2. The van der Waals surface area contributed by atoms with Gasteiger partial charge in [0.15, 0.2) is 11.5 Å². The van der Waals surface area contributed by atoms with Crippen molar-refractivity contribution >= 4 is 11.6 Å². The van der Waals surface area contributed by atoms with Crippen LogP contribution in [0, 0.1) is 15.9 Å². The van der Waals surface area contributed by atoms with Gasteiger partial charge in [0, 0.05) is 25.1 Å². The lowest BCUT2D eigenvalue weighted by atomic mass is 9.94. The molecule has 2 aromatic carbocycles. The van der Waals surface area contributed by atoms with E-state index in [-0.39, 0.29) is 34.5 Å². The van der Waals surface area contributed by atoms with Gasteiger partial charge >= 0.3 is 0 Å². The highest BCUT2D eigenvalue weighted by Crippen LogP contribution is 2.36. The molecule has 7 nitrogen and oxygen atoms in total. The molecule has 1 fully saturated rings. The maximum Gasteiger partial charge on any atom is 0.286 e. The largest absolute Gasteiger partial charge is 0.493 e. The third kappa shape index (κ3) is 4.47. The zero-order valence-electron chi connectivity index (χ0n) is 16.4. The molecule has 0 spiro atoms. The summed E-state index contributed by atoms with van der Waals surface area (Å²) in [7, 11) is 2.79. The monoisotopic (exact) mass is 402 g/mol. The molecule has 8 heteroatoms. The van der Waals surface area contributed by atoms with Gasteiger partial charge in [-0.05, 0) is 30.5 Å². The predicted molar refractivity (Wildman–Crippen MR) is 105 cm³/mol. The molecular formula is C21H23FN2O5. The second kappa shape index (κ2) is 8.89. The molecule has 1 aliphatic rings. The van der Waals surface area contributed by atoms with Gasteiger partial charge in [-0.2, -0.15) is 0 Å². The summed E-state index contributed by atoms with van der Waals surface area (Å²) in [4.78, 5) is 25.8. The van der Waals surface area contributed by atoms with E-state index in [0.29, 0.717) is 13.1 Å². The lowest BCUT2D eigenvalue weighted by Crippen LogP contribution is -2.34. The Hall–Kier alpha value is -3.16. The number of nitro groups is 1. The van der Waals surface area contributed by atoms with Crippen LogP contribution in [-0.4, -0.2) is 43.0 Å². The van der Waals surface area contributed by atoms with Crippen molar-refractivity contribution in [1.82, 2.24) is 4.90 Å². The van der Waals surface area contributed by atoms with Gasteiger partial charge in [0.1, 0.15) is 11.4 Å². The minimum Gasteiger partial charge on any atom is -0.493 e. The molecule has 1 amide bonds. The van der Waals surface area contributed by atoms with E-state index in [0.717, 1.165) is 24.8 Å². The van der Waals surface area contributed by atoms with Crippen molar-refractivity contribution in [3.05, 3.63) is 63.5 Å². The summed E-state index contributed by atoms with van der Waals surface area (Å²) >= 11 is 0. The Morgan fingerprint density at radius 3 is 2.41 bits per heavy atom. The van der Waals surface area contributed by atoms with Gasteiger partial charge in [-0.25, -0.2) is 4.39 Å². The van der Waals surface area contributed by atoms with Crippen LogP contribution in [0.4, 0.5) is 10.1 Å². The molecule has 154 valence electrons. The summed E-state index contributed by atoms with van der Waals surface area (Å²) in [5.41, 5.74) is 0.593. The Balaban J connectivity index is 1.93. The second-order valence-corrected chi connectivity index (χ2v) is 6.98. The fourth-order valence-electron chi connectivity index (χ4n) is 3.69. The number of halogens is 1. The number of ether oxygens (including phenoxy) is 2. The highest BCUT2D eigenvalue weighted by Gasteiger charge is 2.30. The molecule has 1 unspecified atom stereocenters. The van der Waals surface area contributed by atoms with Crippen LogP contribution >= 0.6 is 0 Å². The number of rotatable bonds is 5. The van der Waals surface area contributed by atoms with Crippen molar-refractivity contribution in [2.75, 3.05) is 27.3 Å². The Morgan fingerprint density at radius 1 is 1.14 bits per heavy atom. The van der Waals surface area contributed by atoms with Crippen molar-refractivity contribution in [3.63, 3.8) is 0 Å². The maximum absolute atomic E-state index is 13.3. The summed E-state index contributed by atoms with van der Waals surface area (Å²) < 4.78 is 23.6. The Labute approximate surface area is 168 Å². The number of carbonyl (C=O) groups excluding carboxylic acids is 1. The van der Waals surface area contributed by atoms with Crippen LogP contribution in [0.15, 0.2) is 36.4 Å². The minimum atomic E-state index is -0.593. The zero-order valence-corrected chi connectivity index (χ0v) is 16.4. The average Bonchev–Trinajstić information content (AvgIpc) is 2.99. The first kappa shape index (κ1) is 20.6. The van der Waals surface area contributed by atoms with E-state index in [1.807, 2.05) is 0 Å². The Bertz CT molecular complexity index is 901. The smallest absolute Gasteiger partial charge is 0.286 e. The number of methoxy groups -OCH3 is 2. The molecule has 3 rings (SSSR count). The van der Waals surface area contributed by atoms with Crippen LogP contribution in [0.3, 0.4) is 0 Å². The molecule has 1 aliphatic heterocycles. The molecule has 0 radical (unpaired) electrons.